The van der Waals surface area contributed by atoms with E-state index in [2.05, 4.69) is 16.9 Å². The Balaban J connectivity index is 1.47. The second-order valence-corrected chi connectivity index (χ2v) is 9.40. The van der Waals surface area contributed by atoms with Crippen LogP contribution >= 0.6 is 23.5 Å². The van der Waals surface area contributed by atoms with Gasteiger partial charge in [0.2, 0.25) is 0 Å². The van der Waals surface area contributed by atoms with Gasteiger partial charge in [0.25, 0.3) is 0 Å². The molecule has 0 spiro atoms. The molecule has 2 aromatic carbocycles. The normalized spacial score (nSPS) is 18.5. The summed E-state index contributed by atoms with van der Waals surface area (Å²) >= 11 is 7.51. The summed E-state index contributed by atoms with van der Waals surface area (Å²) in [5.74, 6) is -0.539. The fourth-order valence-electron chi connectivity index (χ4n) is 3.89. The van der Waals surface area contributed by atoms with Crippen LogP contribution in [0.4, 0.5) is 10.1 Å². The van der Waals surface area contributed by atoms with Crippen molar-refractivity contribution < 1.29 is 4.39 Å². The Bertz CT molecular complexity index is 1090. The maximum Gasteiger partial charge on any atom is 0.106 e. The van der Waals surface area contributed by atoms with Gasteiger partial charge in [0, 0.05) is 16.0 Å². The van der Waals surface area contributed by atoms with Crippen LogP contribution in [0.2, 0.25) is 5.02 Å². The first-order valence-electron chi connectivity index (χ1n) is 10.6. The van der Waals surface area contributed by atoms with Crippen LogP contribution in [0.15, 0.2) is 78.6 Å². The number of anilines is 1. The van der Waals surface area contributed by atoms with Crippen molar-refractivity contribution >= 4 is 29.2 Å². The fourth-order valence-corrected chi connectivity index (χ4v) is 4.95. The number of nitrogens with one attached hydrogen (secondary N) is 1. The van der Waals surface area contributed by atoms with Gasteiger partial charge in [0.1, 0.15) is 5.83 Å². The molecule has 5 N–H and O–H groups in total. The summed E-state index contributed by atoms with van der Waals surface area (Å²) in [6.45, 7) is 0. The monoisotopic (exact) mass is 468 g/mol. The van der Waals surface area contributed by atoms with Gasteiger partial charge < -0.3 is 16.2 Å². The highest BCUT2D eigenvalue weighted by Gasteiger charge is 2.27. The second kappa shape index (κ2) is 10.5. The number of aromatic nitrogens is 1. The number of rotatable bonds is 7. The molecule has 1 aliphatic rings. The van der Waals surface area contributed by atoms with Gasteiger partial charge in [-0.15, -0.1) is 0 Å². The first-order chi connectivity index (χ1) is 15.5. The van der Waals surface area contributed by atoms with E-state index in [0.717, 1.165) is 23.2 Å². The van der Waals surface area contributed by atoms with E-state index >= 15 is 4.39 Å². The molecule has 0 amide bonds. The van der Waals surface area contributed by atoms with Crippen LogP contribution in [0.1, 0.15) is 47.4 Å². The van der Waals surface area contributed by atoms with Crippen LogP contribution in [0.25, 0.3) is 0 Å². The average molecular weight is 469 g/mol. The number of nitrogens with two attached hydrogens (primary N) is 2. The third-order valence-corrected chi connectivity index (χ3v) is 6.78. The number of benzene rings is 2. The van der Waals surface area contributed by atoms with Crippen molar-refractivity contribution in [1.29, 1.82) is 0 Å². The highest BCUT2D eigenvalue weighted by Crippen LogP contribution is 2.38. The lowest BCUT2D eigenvalue weighted by Crippen LogP contribution is -2.24. The van der Waals surface area contributed by atoms with Crippen molar-refractivity contribution in [3.05, 3.63) is 106 Å². The highest BCUT2D eigenvalue weighted by atomic mass is 35.5. The van der Waals surface area contributed by atoms with Gasteiger partial charge in [-0.25, -0.2) is 4.39 Å². The lowest BCUT2D eigenvalue weighted by molar-refractivity contribution is 0.478. The molecule has 32 heavy (non-hydrogen) atoms. The van der Waals surface area contributed by atoms with E-state index in [4.69, 9.17) is 28.1 Å². The molecule has 0 saturated carbocycles. The molecule has 4 nitrogen and oxygen atoms in total. The van der Waals surface area contributed by atoms with Crippen molar-refractivity contribution in [2.75, 3.05) is 4.72 Å². The lowest BCUT2D eigenvalue weighted by Gasteiger charge is -2.25. The fraction of sp³-hybridized carbons (Fsp3) is 0.240. The SMILES string of the molecule is NC(N)c1nc(C2CCC(SNc3cccc(Cl)c3)C=C2F)ccc1Cc1ccccc1. The Labute approximate surface area is 197 Å². The van der Waals surface area contributed by atoms with Gasteiger partial charge in [-0.3, -0.25) is 4.98 Å². The van der Waals surface area contributed by atoms with E-state index in [0.29, 0.717) is 29.3 Å². The van der Waals surface area contributed by atoms with Crippen molar-refractivity contribution in [1.82, 2.24) is 4.98 Å². The van der Waals surface area contributed by atoms with Gasteiger partial charge in [-0.2, -0.15) is 0 Å². The summed E-state index contributed by atoms with van der Waals surface area (Å²) in [7, 11) is 0. The minimum absolute atomic E-state index is 0.0267. The molecule has 3 aromatic rings. The second-order valence-electron chi connectivity index (χ2n) is 7.92. The van der Waals surface area contributed by atoms with Crippen LogP contribution in [0, 0.1) is 0 Å². The zero-order valence-corrected chi connectivity index (χ0v) is 19.1. The molecule has 166 valence electrons. The largest absolute Gasteiger partial charge is 0.329 e. The number of hydrogen-bond donors (Lipinski definition) is 3. The van der Waals surface area contributed by atoms with Crippen molar-refractivity contribution in [3.8, 4) is 0 Å². The first-order valence-corrected chi connectivity index (χ1v) is 11.8. The molecule has 0 bridgehead atoms. The summed E-state index contributed by atoms with van der Waals surface area (Å²) in [5, 5.41) is 0.690. The molecule has 2 atom stereocenters. The Kier molecular flexibility index (Phi) is 7.48. The Morgan fingerprint density at radius 2 is 1.88 bits per heavy atom. The van der Waals surface area contributed by atoms with Crippen molar-refractivity contribution in [2.24, 2.45) is 11.5 Å². The lowest BCUT2D eigenvalue weighted by atomic mass is 9.90. The third-order valence-electron chi connectivity index (χ3n) is 5.51. The van der Waals surface area contributed by atoms with E-state index in [-0.39, 0.29) is 17.0 Å². The molecular weight excluding hydrogens is 443 g/mol. The number of hydrogen-bond acceptors (Lipinski definition) is 5. The van der Waals surface area contributed by atoms with Crippen LogP contribution in [0.3, 0.4) is 0 Å². The molecule has 0 radical (unpaired) electrons. The number of halogens is 2. The molecule has 7 heteroatoms. The van der Waals surface area contributed by atoms with E-state index in [1.54, 1.807) is 6.08 Å². The Hall–Kier alpha value is -2.38. The summed E-state index contributed by atoms with van der Waals surface area (Å²) in [6, 6.07) is 21.4. The first kappa shape index (κ1) is 22.8. The summed E-state index contributed by atoms with van der Waals surface area (Å²) in [5.41, 5.74) is 16.3. The maximum atomic E-state index is 15.1. The van der Waals surface area contributed by atoms with Crippen LogP contribution in [-0.4, -0.2) is 10.2 Å². The number of allylic oxidation sites excluding steroid dienone is 1. The highest BCUT2D eigenvalue weighted by molar-refractivity contribution is 8.01. The average Bonchev–Trinajstić information content (AvgIpc) is 2.79. The summed E-state index contributed by atoms with van der Waals surface area (Å²) in [6.07, 6.45) is 3.15. The van der Waals surface area contributed by atoms with Crippen LogP contribution in [-0.2, 0) is 6.42 Å². The minimum atomic E-state index is -0.713. The van der Waals surface area contributed by atoms with E-state index in [1.165, 1.54) is 11.9 Å². The van der Waals surface area contributed by atoms with E-state index < -0.39 is 6.17 Å². The molecule has 2 unspecified atom stereocenters. The zero-order chi connectivity index (χ0) is 22.5. The standard InChI is InChI=1S/C25H26ClFN4S/c26-18-7-4-8-19(14-18)31-32-20-10-11-21(22(27)15-20)23-12-9-17(24(30-23)25(28)29)13-16-5-2-1-3-6-16/h1-9,12,14-15,20-21,25,31H,10-11,13,28-29H2. The smallest absolute Gasteiger partial charge is 0.106 e. The van der Waals surface area contributed by atoms with Crippen LogP contribution < -0.4 is 16.2 Å². The van der Waals surface area contributed by atoms with Crippen molar-refractivity contribution in [3.63, 3.8) is 0 Å². The Morgan fingerprint density at radius 1 is 1.06 bits per heavy atom. The maximum absolute atomic E-state index is 15.1. The summed E-state index contributed by atoms with van der Waals surface area (Å²) < 4.78 is 18.3. The zero-order valence-electron chi connectivity index (χ0n) is 17.5. The Morgan fingerprint density at radius 3 is 2.59 bits per heavy atom. The number of nitrogens with zero attached hydrogens (tertiary/aromatic N) is 1. The molecule has 0 saturated heterocycles. The molecule has 0 fully saturated rings. The van der Waals surface area contributed by atoms with Gasteiger partial charge in [0.15, 0.2) is 0 Å². The quantitative estimate of drug-likeness (QED) is 0.288. The molecular formula is C25H26ClFN4S. The topological polar surface area (TPSA) is 77.0 Å². The van der Waals surface area contributed by atoms with Gasteiger partial charge in [-0.05, 0) is 72.7 Å². The van der Waals surface area contributed by atoms with Crippen LogP contribution in [0.5, 0.6) is 0 Å². The minimum Gasteiger partial charge on any atom is -0.329 e. The van der Waals surface area contributed by atoms with E-state index in [9.17, 15) is 0 Å². The predicted octanol–water partition coefficient (Wildman–Crippen LogP) is 6.10. The number of pyridine rings is 1. The van der Waals surface area contributed by atoms with E-state index in [1.807, 2.05) is 54.6 Å². The molecule has 0 aliphatic heterocycles. The molecule has 1 aromatic heterocycles. The molecule has 1 heterocycles. The third kappa shape index (κ3) is 5.70. The predicted molar refractivity (Wildman–Crippen MR) is 132 cm³/mol. The molecule has 4 rings (SSSR count). The van der Waals surface area contributed by atoms with Gasteiger partial charge in [0.05, 0.1) is 23.5 Å². The van der Waals surface area contributed by atoms with Gasteiger partial charge in [-0.1, -0.05) is 54.1 Å². The van der Waals surface area contributed by atoms with Crippen molar-refractivity contribution in [2.45, 2.75) is 36.6 Å². The summed E-state index contributed by atoms with van der Waals surface area (Å²) in [4.78, 5) is 4.70. The van der Waals surface area contributed by atoms with Gasteiger partial charge >= 0.3 is 0 Å². The molecule has 1 aliphatic carbocycles.